The molecule has 1 heterocycles. The van der Waals surface area contributed by atoms with Crippen LogP contribution in [0.1, 0.15) is 41.1 Å². The van der Waals surface area contributed by atoms with Gasteiger partial charge in [0.15, 0.2) is 0 Å². The molecule has 0 aliphatic heterocycles. The van der Waals surface area contributed by atoms with Crippen LogP contribution in [0.5, 0.6) is 11.5 Å². The van der Waals surface area contributed by atoms with Crippen molar-refractivity contribution in [2.75, 3.05) is 22.9 Å². The van der Waals surface area contributed by atoms with Gasteiger partial charge in [0.1, 0.15) is 34.2 Å². The highest BCUT2D eigenvalue weighted by molar-refractivity contribution is 7.92. The van der Waals surface area contributed by atoms with Gasteiger partial charge in [0.25, 0.3) is 0 Å². The quantitative estimate of drug-likeness (QED) is 0.241. The lowest BCUT2D eigenvalue weighted by atomic mass is 10.0. The van der Waals surface area contributed by atoms with E-state index in [1.807, 2.05) is 0 Å². The summed E-state index contributed by atoms with van der Waals surface area (Å²) in [4.78, 5) is 12.4. The van der Waals surface area contributed by atoms with Crippen molar-refractivity contribution >= 4 is 42.7 Å². The third-order valence-corrected chi connectivity index (χ3v) is 8.73. The Morgan fingerprint density at radius 1 is 1.05 bits per heavy atom. The van der Waals surface area contributed by atoms with E-state index in [0.29, 0.717) is 33.7 Å². The number of fused-ring (bicyclic) bond motifs is 1. The van der Waals surface area contributed by atoms with E-state index in [9.17, 15) is 31.1 Å². The molecular weight excluding hydrogens is 575 g/mol. The molecule has 0 bridgehead atoms. The van der Waals surface area contributed by atoms with E-state index >= 15 is 0 Å². The lowest BCUT2D eigenvalue weighted by molar-refractivity contribution is 0.0699. The molecule has 3 N–H and O–H groups in total. The summed E-state index contributed by atoms with van der Waals surface area (Å²) in [6.45, 7) is -0.130. The number of rotatable bonds is 11. The fourth-order valence-electron chi connectivity index (χ4n) is 4.69. The SMILES string of the molecule is CS(=O)(=O)N(CCCS(N)(=O)=O)c1cc2oc(-c3ccc(Oc4ccc(F)cc4)cc3)c(C(=O)O)c2cc1C1CC1. The average Bonchev–Trinajstić information content (AvgIpc) is 3.66. The van der Waals surface area contributed by atoms with Gasteiger partial charge in [-0.1, -0.05) is 0 Å². The first-order valence-electron chi connectivity index (χ1n) is 12.7. The summed E-state index contributed by atoms with van der Waals surface area (Å²) in [6, 6.07) is 15.2. The molecule has 0 radical (unpaired) electrons. The minimum absolute atomic E-state index is 0.0236. The number of carboxylic acids is 1. The molecule has 13 heteroatoms. The standard InChI is InChI=1S/C28H27FN2O8S2/c1-40(34,35)31(13-2-14-41(30,36)37)24-16-25-23(15-22(24)17-3-4-17)26(28(32)33)27(39-25)18-5-9-20(10-6-18)38-21-11-7-19(29)8-12-21/h5-12,15-17H,2-4,13-14H2,1H3,(H,32,33)(H2,30,36,37). The average molecular weight is 603 g/mol. The van der Waals surface area contributed by atoms with Crippen LogP contribution in [0.3, 0.4) is 0 Å². The van der Waals surface area contributed by atoms with Crippen LogP contribution in [0.2, 0.25) is 0 Å². The predicted octanol–water partition coefficient (Wildman–Crippen LogP) is 5.05. The minimum atomic E-state index is -3.83. The number of carbonyl (C=O) groups is 1. The molecule has 1 aromatic heterocycles. The van der Waals surface area contributed by atoms with Crippen molar-refractivity contribution in [3.8, 4) is 22.8 Å². The van der Waals surface area contributed by atoms with Gasteiger partial charge in [-0.25, -0.2) is 31.2 Å². The smallest absolute Gasteiger partial charge is 0.340 e. The molecule has 4 aromatic rings. The number of aromatic carboxylic acids is 1. The second kappa shape index (κ2) is 10.8. The maximum absolute atomic E-state index is 13.2. The van der Waals surface area contributed by atoms with Crippen molar-refractivity contribution in [3.63, 3.8) is 0 Å². The molecule has 0 spiro atoms. The molecule has 3 aromatic carbocycles. The van der Waals surface area contributed by atoms with Crippen LogP contribution in [0.4, 0.5) is 10.1 Å². The van der Waals surface area contributed by atoms with Crippen LogP contribution in [-0.4, -0.2) is 46.5 Å². The van der Waals surface area contributed by atoms with E-state index in [-0.39, 0.29) is 35.8 Å². The number of halogens is 1. The summed E-state index contributed by atoms with van der Waals surface area (Å²) in [6.07, 6.45) is 2.60. The molecule has 5 rings (SSSR count). The summed E-state index contributed by atoms with van der Waals surface area (Å²) < 4.78 is 74.5. The van der Waals surface area contributed by atoms with Gasteiger partial charge in [-0.05, 0) is 85.3 Å². The highest BCUT2D eigenvalue weighted by Gasteiger charge is 2.33. The molecule has 1 aliphatic rings. The molecule has 0 amide bonds. The van der Waals surface area contributed by atoms with Gasteiger partial charge < -0.3 is 14.3 Å². The lowest BCUT2D eigenvalue weighted by Crippen LogP contribution is -2.33. The highest BCUT2D eigenvalue weighted by atomic mass is 32.2. The summed E-state index contributed by atoms with van der Waals surface area (Å²) in [5.74, 6) is -1.03. The van der Waals surface area contributed by atoms with E-state index in [2.05, 4.69) is 0 Å². The number of sulfonamides is 2. The van der Waals surface area contributed by atoms with Gasteiger partial charge in [0.05, 0.1) is 17.7 Å². The van der Waals surface area contributed by atoms with Gasteiger partial charge >= 0.3 is 5.97 Å². The minimum Gasteiger partial charge on any atom is -0.478 e. The number of hydrogen-bond donors (Lipinski definition) is 2. The van der Waals surface area contributed by atoms with Crippen molar-refractivity contribution in [1.29, 1.82) is 0 Å². The number of furan rings is 1. The van der Waals surface area contributed by atoms with E-state index in [0.717, 1.165) is 23.4 Å². The Bertz CT molecular complexity index is 1830. The molecule has 1 fully saturated rings. The van der Waals surface area contributed by atoms with Crippen LogP contribution in [0, 0.1) is 5.82 Å². The Kier molecular flexibility index (Phi) is 7.53. The summed E-state index contributed by atoms with van der Waals surface area (Å²) >= 11 is 0. The highest BCUT2D eigenvalue weighted by Crippen LogP contribution is 2.48. The molecule has 216 valence electrons. The molecule has 1 saturated carbocycles. The largest absolute Gasteiger partial charge is 0.478 e. The fourth-order valence-corrected chi connectivity index (χ4v) is 6.20. The molecule has 1 aliphatic carbocycles. The van der Waals surface area contributed by atoms with E-state index < -0.39 is 37.6 Å². The number of benzene rings is 3. The Balaban J connectivity index is 1.55. The van der Waals surface area contributed by atoms with Gasteiger partial charge in [-0.15, -0.1) is 0 Å². The van der Waals surface area contributed by atoms with Gasteiger partial charge in [-0.2, -0.15) is 0 Å². The number of carboxylic acid groups (broad SMARTS) is 1. The molecule has 10 nitrogen and oxygen atoms in total. The maximum Gasteiger partial charge on any atom is 0.340 e. The second-order valence-corrected chi connectivity index (χ2v) is 13.6. The van der Waals surface area contributed by atoms with E-state index in [1.165, 1.54) is 30.3 Å². The van der Waals surface area contributed by atoms with Crippen LogP contribution < -0.4 is 14.2 Å². The van der Waals surface area contributed by atoms with Crippen LogP contribution in [-0.2, 0) is 20.0 Å². The van der Waals surface area contributed by atoms with E-state index in [4.69, 9.17) is 14.3 Å². The molecule has 41 heavy (non-hydrogen) atoms. The Morgan fingerprint density at radius 2 is 1.66 bits per heavy atom. The zero-order chi connectivity index (χ0) is 29.5. The number of hydrogen-bond acceptors (Lipinski definition) is 7. The molecule has 0 unspecified atom stereocenters. The first kappa shape index (κ1) is 28.6. The first-order valence-corrected chi connectivity index (χ1v) is 16.2. The topological polar surface area (TPSA) is 157 Å². The fraction of sp³-hybridized carbons (Fsp3) is 0.250. The second-order valence-electron chi connectivity index (χ2n) is 9.93. The normalized spacial score (nSPS) is 13.8. The number of nitrogens with zero attached hydrogens (tertiary/aromatic N) is 1. The first-order chi connectivity index (χ1) is 19.3. The monoisotopic (exact) mass is 602 g/mol. The molecule has 0 saturated heterocycles. The maximum atomic E-state index is 13.2. The van der Waals surface area contributed by atoms with Crippen LogP contribution in [0.15, 0.2) is 65.1 Å². The van der Waals surface area contributed by atoms with Crippen LogP contribution in [0.25, 0.3) is 22.3 Å². The van der Waals surface area contributed by atoms with Crippen molar-refractivity contribution in [2.45, 2.75) is 25.2 Å². The van der Waals surface area contributed by atoms with Crippen molar-refractivity contribution < 1.29 is 40.3 Å². The lowest BCUT2D eigenvalue weighted by Gasteiger charge is -2.25. The molecule has 0 atom stereocenters. The zero-order valence-electron chi connectivity index (χ0n) is 21.9. The zero-order valence-corrected chi connectivity index (χ0v) is 23.5. The van der Waals surface area contributed by atoms with Crippen molar-refractivity contribution in [3.05, 3.63) is 77.6 Å². The van der Waals surface area contributed by atoms with Gasteiger partial charge in [-0.3, -0.25) is 4.31 Å². The number of primary sulfonamides is 1. The van der Waals surface area contributed by atoms with Gasteiger partial charge in [0, 0.05) is 23.6 Å². The number of ether oxygens (including phenoxy) is 1. The predicted molar refractivity (Wildman–Crippen MR) is 152 cm³/mol. The Labute approximate surface area is 236 Å². The van der Waals surface area contributed by atoms with Crippen LogP contribution >= 0.6 is 0 Å². The third-order valence-electron chi connectivity index (χ3n) is 6.69. The van der Waals surface area contributed by atoms with Gasteiger partial charge in [0.2, 0.25) is 20.0 Å². The number of nitrogens with two attached hydrogens (primary N) is 1. The number of anilines is 1. The summed E-state index contributed by atoms with van der Waals surface area (Å²) in [5, 5.41) is 15.6. The Morgan fingerprint density at radius 3 is 2.20 bits per heavy atom. The third kappa shape index (κ3) is 6.53. The Hall–Kier alpha value is -3.94. The summed E-state index contributed by atoms with van der Waals surface area (Å²) in [5.41, 5.74) is 1.52. The van der Waals surface area contributed by atoms with E-state index in [1.54, 1.807) is 30.3 Å². The van der Waals surface area contributed by atoms with Crippen molar-refractivity contribution in [2.24, 2.45) is 5.14 Å². The summed E-state index contributed by atoms with van der Waals surface area (Å²) in [7, 11) is -7.62. The van der Waals surface area contributed by atoms with Crippen molar-refractivity contribution in [1.82, 2.24) is 0 Å². The molecular formula is C28H27FN2O8S2.